The van der Waals surface area contributed by atoms with Crippen LogP contribution in [0.5, 0.6) is 5.75 Å². The lowest BCUT2D eigenvalue weighted by atomic mass is 9.86. The Bertz CT molecular complexity index is 418. The summed E-state index contributed by atoms with van der Waals surface area (Å²) < 4.78 is 5.94. The number of aliphatic hydroxyl groups excluding tert-OH is 1. The van der Waals surface area contributed by atoms with Crippen molar-refractivity contribution in [2.24, 2.45) is 0 Å². The van der Waals surface area contributed by atoms with Crippen LogP contribution in [0.25, 0.3) is 0 Å². The molecule has 0 aromatic heterocycles. The Balaban J connectivity index is 2.15. The molecule has 0 heterocycles. The smallest absolute Gasteiger partial charge is 0.124 e. The first-order chi connectivity index (χ1) is 8.38. The molecule has 2 heteroatoms. The third-order valence-corrected chi connectivity index (χ3v) is 3.74. The molecule has 1 N–H and O–H groups in total. The van der Waals surface area contributed by atoms with Crippen LogP contribution >= 0.6 is 0 Å². The highest BCUT2D eigenvalue weighted by Gasteiger charge is 2.27. The van der Waals surface area contributed by atoms with Gasteiger partial charge in [-0.05, 0) is 48.8 Å². The number of aliphatic hydroxyl groups is 1. The third-order valence-electron chi connectivity index (χ3n) is 3.74. The predicted octanol–water partition coefficient (Wildman–Crippen LogP) is 3.58. The molecule has 18 heavy (non-hydrogen) atoms. The molecule has 0 radical (unpaired) electrons. The van der Waals surface area contributed by atoms with E-state index >= 15 is 0 Å². The normalized spacial score (nSPS) is 24.3. The van der Waals surface area contributed by atoms with Gasteiger partial charge in [-0.1, -0.05) is 32.9 Å². The number of ether oxygens (including phenoxy) is 1. The molecule has 0 spiro atoms. The molecule has 1 aromatic rings. The Morgan fingerprint density at radius 1 is 1.22 bits per heavy atom. The summed E-state index contributed by atoms with van der Waals surface area (Å²) in [6.07, 6.45) is 2.56. The average molecular weight is 248 g/mol. The molecular formula is C16H24O2. The minimum atomic E-state index is -0.299. The van der Waals surface area contributed by atoms with Crippen LogP contribution in [0, 0.1) is 6.92 Å². The fourth-order valence-electron chi connectivity index (χ4n) is 2.46. The topological polar surface area (TPSA) is 29.5 Å². The summed E-state index contributed by atoms with van der Waals surface area (Å²) in [4.78, 5) is 0. The second-order valence-electron chi connectivity index (χ2n) is 6.38. The van der Waals surface area contributed by atoms with Crippen molar-refractivity contribution in [2.75, 3.05) is 0 Å². The maximum absolute atomic E-state index is 9.80. The summed E-state index contributed by atoms with van der Waals surface area (Å²) >= 11 is 0. The highest BCUT2D eigenvalue weighted by atomic mass is 16.5. The molecule has 1 aliphatic carbocycles. The maximum atomic E-state index is 9.80. The van der Waals surface area contributed by atoms with Crippen molar-refractivity contribution >= 4 is 0 Å². The summed E-state index contributed by atoms with van der Waals surface area (Å²) in [7, 11) is 0. The van der Waals surface area contributed by atoms with Gasteiger partial charge in [-0.15, -0.1) is 0 Å². The lowest BCUT2D eigenvalue weighted by Crippen LogP contribution is -2.26. The first kappa shape index (κ1) is 13.4. The largest absolute Gasteiger partial charge is 0.487 e. The van der Waals surface area contributed by atoms with E-state index in [4.69, 9.17) is 4.74 Å². The second-order valence-corrected chi connectivity index (χ2v) is 6.38. The molecule has 1 saturated carbocycles. The highest BCUT2D eigenvalue weighted by molar-refractivity contribution is 5.39. The van der Waals surface area contributed by atoms with Gasteiger partial charge in [-0.25, -0.2) is 0 Å². The number of hydrogen-bond acceptors (Lipinski definition) is 2. The fourth-order valence-corrected chi connectivity index (χ4v) is 2.46. The van der Waals surface area contributed by atoms with Gasteiger partial charge in [0, 0.05) is 0 Å². The van der Waals surface area contributed by atoms with E-state index < -0.39 is 0 Å². The van der Waals surface area contributed by atoms with E-state index in [1.54, 1.807) is 0 Å². The molecule has 1 fully saturated rings. The molecule has 1 aromatic carbocycles. The second kappa shape index (κ2) is 4.93. The van der Waals surface area contributed by atoms with Gasteiger partial charge in [0.1, 0.15) is 11.9 Å². The number of rotatable bonds is 2. The van der Waals surface area contributed by atoms with Crippen molar-refractivity contribution in [3.8, 4) is 5.75 Å². The van der Waals surface area contributed by atoms with Crippen LogP contribution < -0.4 is 4.74 Å². The Labute approximate surface area is 110 Å². The fraction of sp³-hybridized carbons (Fsp3) is 0.625. The van der Waals surface area contributed by atoms with Crippen LogP contribution in [-0.2, 0) is 5.41 Å². The van der Waals surface area contributed by atoms with Crippen LogP contribution in [0.3, 0.4) is 0 Å². The SMILES string of the molecule is Cc1cc(C(C)(C)C)ccc1O[C@@H]1CCC[C@H]1O. The van der Waals surface area contributed by atoms with Gasteiger partial charge in [0.15, 0.2) is 0 Å². The quantitative estimate of drug-likeness (QED) is 0.866. The van der Waals surface area contributed by atoms with E-state index in [0.717, 1.165) is 30.6 Å². The van der Waals surface area contributed by atoms with Gasteiger partial charge >= 0.3 is 0 Å². The number of hydrogen-bond donors (Lipinski definition) is 1. The minimum Gasteiger partial charge on any atom is -0.487 e. The zero-order chi connectivity index (χ0) is 13.3. The summed E-state index contributed by atoms with van der Waals surface area (Å²) in [6, 6.07) is 6.36. The van der Waals surface area contributed by atoms with E-state index in [1.807, 2.05) is 6.07 Å². The lowest BCUT2D eigenvalue weighted by Gasteiger charge is -2.22. The molecule has 2 atom stereocenters. The van der Waals surface area contributed by atoms with Gasteiger partial charge < -0.3 is 9.84 Å². The molecule has 0 bridgehead atoms. The molecule has 1 aliphatic rings. The highest BCUT2D eigenvalue weighted by Crippen LogP contribution is 2.30. The van der Waals surface area contributed by atoms with E-state index in [1.165, 1.54) is 5.56 Å². The summed E-state index contributed by atoms with van der Waals surface area (Å²) in [5.41, 5.74) is 2.64. The van der Waals surface area contributed by atoms with Crippen LogP contribution in [0.1, 0.15) is 51.2 Å². The van der Waals surface area contributed by atoms with Crippen molar-refractivity contribution in [2.45, 2.75) is 64.6 Å². The van der Waals surface area contributed by atoms with Crippen molar-refractivity contribution < 1.29 is 9.84 Å². The number of benzene rings is 1. The standard InChI is InChI=1S/C16H24O2/c1-11-10-12(16(2,3)4)8-9-14(11)18-15-7-5-6-13(15)17/h8-10,13,15,17H,5-7H2,1-4H3/t13-,15-/m1/s1. The first-order valence-electron chi connectivity index (χ1n) is 6.84. The van der Waals surface area contributed by atoms with Crippen molar-refractivity contribution in [3.05, 3.63) is 29.3 Å². The summed E-state index contributed by atoms with van der Waals surface area (Å²) in [6.45, 7) is 8.71. The minimum absolute atomic E-state index is 0.0239. The van der Waals surface area contributed by atoms with Crippen LogP contribution in [0.4, 0.5) is 0 Å². The van der Waals surface area contributed by atoms with Gasteiger partial charge in [0.2, 0.25) is 0 Å². The molecule has 0 saturated heterocycles. The van der Waals surface area contributed by atoms with E-state index in [0.29, 0.717) is 0 Å². The summed E-state index contributed by atoms with van der Waals surface area (Å²) in [5.74, 6) is 0.911. The zero-order valence-electron chi connectivity index (χ0n) is 11.9. The van der Waals surface area contributed by atoms with Gasteiger partial charge in [-0.3, -0.25) is 0 Å². The van der Waals surface area contributed by atoms with E-state index in [2.05, 4.69) is 39.8 Å². The first-order valence-corrected chi connectivity index (χ1v) is 6.84. The van der Waals surface area contributed by atoms with Crippen molar-refractivity contribution in [1.29, 1.82) is 0 Å². The maximum Gasteiger partial charge on any atom is 0.124 e. The number of aryl methyl sites for hydroxylation is 1. The lowest BCUT2D eigenvalue weighted by molar-refractivity contribution is 0.0599. The summed E-state index contributed by atoms with van der Waals surface area (Å²) in [5, 5.41) is 9.80. The zero-order valence-corrected chi connectivity index (χ0v) is 11.9. The van der Waals surface area contributed by atoms with Crippen molar-refractivity contribution in [3.63, 3.8) is 0 Å². The monoisotopic (exact) mass is 248 g/mol. The Morgan fingerprint density at radius 2 is 1.94 bits per heavy atom. The van der Waals surface area contributed by atoms with E-state index in [9.17, 15) is 5.11 Å². The Morgan fingerprint density at radius 3 is 2.44 bits per heavy atom. The molecular weight excluding hydrogens is 224 g/mol. The Kier molecular flexibility index (Phi) is 3.67. The van der Waals surface area contributed by atoms with Crippen LogP contribution in [0.15, 0.2) is 18.2 Å². The average Bonchev–Trinajstić information content (AvgIpc) is 2.66. The van der Waals surface area contributed by atoms with Crippen LogP contribution in [-0.4, -0.2) is 17.3 Å². The molecule has 0 amide bonds. The molecule has 100 valence electrons. The Hall–Kier alpha value is -1.02. The van der Waals surface area contributed by atoms with Gasteiger partial charge in [-0.2, -0.15) is 0 Å². The van der Waals surface area contributed by atoms with Gasteiger partial charge in [0.25, 0.3) is 0 Å². The predicted molar refractivity (Wildman–Crippen MR) is 74.2 cm³/mol. The molecule has 0 aliphatic heterocycles. The van der Waals surface area contributed by atoms with Crippen molar-refractivity contribution in [1.82, 2.24) is 0 Å². The third kappa shape index (κ3) is 2.86. The van der Waals surface area contributed by atoms with Crippen LogP contribution in [0.2, 0.25) is 0 Å². The molecule has 2 rings (SSSR count). The van der Waals surface area contributed by atoms with Gasteiger partial charge in [0.05, 0.1) is 6.10 Å². The molecule has 2 nitrogen and oxygen atoms in total. The van der Waals surface area contributed by atoms with E-state index in [-0.39, 0.29) is 17.6 Å². The molecule has 0 unspecified atom stereocenters.